The maximum atomic E-state index is 12.3. The third-order valence-corrected chi connectivity index (χ3v) is 5.54. The molecule has 0 radical (unpaired) electrons. The normalized spacial score (nSPS) is 11.3. The van der Waals surface area contributed by atoms with Crippen molar-refractivity contribution in [2.75, 3.05) is 13.7 Å². The monoisotopic (exact) mass is 562 g/mol. The smallest absolute Gasteiger partial charge is 0.269 e. The van der Waals surface area contributed by atoms with Crippen molar-refractivity contribution in [2.24, 2.45) is 5.16 Å². The van der Waals surface area contributed by atoms with Crippen LogP contribution in [0.4, 0.5) is 0 Å². The number of aromatic hydroxyl groups is 1. The Morgan fingerprint density at radius 3 is 2.30 bits per heavy atom. The second-order valence-corrected chi connectivity index (χ2v) is 8.17. The number of oxime groups is 1. The molecule has 0 saturated carbocycles. The summed E-state index contributed by atoms with van der Waals surface area (Å²) in [6, 6.07) is 8.75. The highest BCUT2D eigenvalue weighted by Crippen LogP contribution is 2.34. The van der Waals surface area contributed by atoms with E-state index >= 15 is 0 Å². The number of methoxy groups -OCH3 is 1. The average molecular weight is 565 g/mol. The highest BCUT2D eigenvalue weighted by Gasteiger charge is 2.15. The topological polar surface area (TPSA) is 91.2 Å². The van der Waals surface area contributed by atoms with E-state index in [0.717, 1.165) is 20.1 Å². The Morgan fingerprint density at radius 2 is 1.74 bits per heavy atom. The third kappa shape index (κ3) is 5.95. The van der Waals surface area contributed by atoms with Crippen molar-refractivity contribution < 1.29 is 19.8 Å². The fourth-order valence-corrected chi connectivity index (χ4v) is 4.42. The van der Waals surface area contributed by atoms with Gasteiger partial charge in [0.15, 0.2) is 0 Å². The predicted molar refractivity (Wildman–Crippen MR) is 114 cm³/mol. The van der Waals surface area contributed by atoms with Gasteiger partial charge < -0.3 is 20.4 Å². The van der Waals surface area contributed by atoms with E-state index in [-0.39, 0.29) is 17.9 Å². The van der Waals surface area contributed by atoms with Crippen molar-refractivity contribution in [1.82, 2.24) is 5.32 Å². The maximum Gasteiger partial charge on any atom is 0.269 e. The van der Waals surface area contributed by atoms with Crippen LogP contribution in [0.3, 0.4) is 0 Å². The van der Waals surface area contributed by atoms with Gasteiger partial charge in [0, 0.05) is 13.0 Å². The van der Waals surface area contributed by atoms with Crippen LogP contribution in [0.1, 0.15) is 11.1 Å². The number of ether oxygens (including phenoxy) is 1. The number of rotatable bonds is 7. The predicted octanol–water partition coefficient (Wildman–Crippen LogP) is 4.42. The van der Waals surface area contributed by atoms with Gasteiger partial charge in [-0.05, 0) is 89.6 Å². The van der Waals surface area contributed by atoms with Crippen molar-refractivity contribution in [3.05, 3.63) is 54.9 Å². The second-order valence-electron chi connectivity index (χ2n) is 5.61. The first-order chi connectivity index (χ1) is 12.8. The molecule has 2 rings (SSSR count). The Morgan fingerprint density at radius 1 is 1.11 bits per heavy atom. The molecule has 2 aromatic carbocycles. The lowest BCUT2D eigenvalue weighted by molar-refractivity contribution is -0.115. The van der Waals surface area contributed by atoms with Crippen LogP contribution in [-0.2, 0) is 17.6 Å². The van der Waals surface area contributed by atoms with Crippen LogP contribution in [-0.4, -0.2) is 35.6 Å². The van der Waals surface area contributed by atoms with E-state index in [1.807, 2.05) is 0 Å². The molecule has 27 heavy (non-hydrogen) atoms. The number of amides is 1. The fourth-order valence-electron chi connectivity index (χ4n) is 2.39. The lowest BCUT2D eigenvalue weighted by atomic mass is 10.1. The Labute approximate surface area is 182 Å². The zero-order valence-corrected chi connectivity index (χ0v) is 19.1. The summed E-state index contributed by atoms with van der Waals surface area (Å²) in [6.45, 7) is 0.366. The van der Waals surface area contributed by atoms with E-state index < -0.39 is 5.91 Å². The summed E-state index contributed by atoms with van der Waals surface area (Å²) in [7, 11) is 1.56. The number of carbonyl (C=O) groups is 1. The van der Waals surface area contributed by atoms with Gasteiger partial charge in [0.1, 0.15) is 17.2 Å². The Hall–Kier alpha value is -1.58. The second kappa shape index (κ2) is 10.1. The van der Waals surface area contributed by atoms with Gasteiger partial charge in [-0.1, -0.05) is 11.2 Å². The molecule has 6 nitrogen and oxygen atoms in total. The molecule has 9 heteroatoms. The molecule has 1 amide bonds. The van der Waals surface area contributed by atoms with Crippen LogP contribution in [0.5, 0.6) is 11.5 Å². The molecule has 0 bridgehead atoms. The third-order valence-electron chi connectivity index (χ3n) is 3.73. The average Bonchev–Trinajstić information content (AvgIpc) is 2.62. The van der Waals surface area contributed by atoms with Gasteiger partial charge in [-0.25, -0.2) is 0 Å². The van der Waals surface area contributed by atoms with Crippen LogP contribution in [0.2, 0.25) is 0 Å². The summed E-state index contributed by atoms with van der Waals surface area (Å²) in [5.41, 5.74) is 1.73. The summed E-state index contributed by atoms with van der Waals surface area (Å²) < 4.78 is 7.30. The number of benzene rings is 2. The largest absolute Gasteiger partial charge is 0.507 e. The van der Waals surface area contributed by atoms with E-state index in [0.29, 0.717) is 23.2 Å². The summed E-state index contributed by atoms with van der Waals surface area (Å²) in [6.07, 6.45) is 0.733. The molecule has 0 unspecified atom stereocenters. The highest BCUT2D eigenvalue weighted by atomic mass is 79.9. The molecule has 0 heterocycles. The van der Waals surface area contributed by atoms with E-state index in [2.05, 4.69) is 58.3 Å². The first-order valence-corrected chi connectivity index (χ1v) is 10.2. The van der Waals surface area contributed by atoms with Gasteiger partial charge >= 0.3 is 0 Å². The number of hydrogen-bond donors (Lipinski definition) is 3. The van der Waals surface area contributed by atoms with Gasteiger partial charge in [-0.2, -0.15) is 0 Å². The minimum atomic E-state index is -0.446. The number of hydrogen-bond acceptors (Lipinski definition) is 5. The Kier molecular flexibility index (Phi) is 8.12. The van der Waals surface area contributed by atoms with Gasteiger partial charge in [0.05, 0.1) is 20.5 Å². The lowest BCUT2D eigenvalue weighted by Crippen LogP contribution is -2.33. The fraction of sp³-hybridized carbons (Fsp3) is 0.222. The number of nitrogens with one attached hydrogen (secondary N) is 1. The number of carbonyl (C=O) groups excluding carboxylic acids is 1. The van der Waals surface area contributed by atoms with E-state index in [1.165, 1.54) is 0 Å². The number of nitrogens with zero attached hydrogens (tertiary/aromatic N) is 1. The molecule has 0 spiro atoms. The SMILES string of the molecule is COc1c(Br)cc(CC(=NO)C(=O)NCCc2ccc(O)c(Br)c2)cc1Br. The quantitative estimate of drug-likeness (QED) is 0.264. The molecule has 0 atom stereocenters. The van der Waals surface area contributed by atoms with E-state index in [1.54, 1.807) is 37.4 Å². The molecule has 2 aromatic rings. The van der Waals surface area contributed by atoms with E-state index in [9.17, 15) is 15.1 Å². The molecular formula is C18H17Br3N2O4. The van der Waals surface area contributed by atoms with E-state index in [4.69, 9.17) is 4.74 Å². The molecule has 0 aliphatic heterocycles. The van der Waals surface area contributed by atoms with Crippen LogP contribution in [0.15, 0.2) is 48.9 Å². The zero-order valence-electron chi connectivity index (χ0n) is 14.3. The zero-order chi connectivity index (χ0) is 20.0. The maximum absolute atomic E-state index is 12.3. The van der Waals surface area contributed by atoms with Crippen molar-refractivity contribution in [2.45, 2.75) is 12.8 Å². The van der Waals surface area contributed by atoms with Crippen LogP contribution < -0.4 is 10.1 Å². The highest BCUT2D eigenvalue weighted by molar-refractivity contribution is 9.11. The summed E-state index contributed by atoms with van der Waals surface area (Å²) in [5, 5.41) is 24.6. The van der Waals surface area contributed by atoms with Gasteiger partial charge in [0.25, 0.3) is 5.91 Å². The van der Waals surface area contributed by atoms with Crippen LogP contribution in [0.25, 0.3) is 0 Å². The van der Waals surface area contributed by atoms with Crippen LogP contribution >= 0.6 is 47.8 Å². The van der Waals surface area contributed by atoms with Crippen molar-refractivity contribution >= 4 is 59.4 Å². The minimum Gasteiger partial charge on any atom is -0.507 e. The number of phenolic OH excluding ortho intramolecular Hbond substituents is 1. The summed E-state index contributed by atoms with van der Waals surface area (Å²) >= 11 is 10.1. The van der Waals surface area contributed by atoms with Gasteiger partial charge in [-0.15, -0.1) is 0 Å². The first-order valence-electron chi connectivity index (χ1n) is 7.84. The molecule has 0 aromatic heterocycles. The molecule has 0 aliphatic rings. The Bertz CT molecular complexity index is 849. The van der Waals surface area contributed by atoms with Crippen molar-refractivity contribution in [3.8, 4) is 11.5 Å². The molecule has 3 N–H and O–H groups in total. The van der Waals surface area contributed by atoms with Crippen LogP contribution in [0, 0.1) is 0 Å². The molecular weight excluding hydrogens is 548 g/mol. The van der Waals surface area contributed by atoms with Gasteiger partial charge in [0.2, 0.25) is 0 Å². The number of phenols is 1. The number of halogens is 3. The Balaban J connectivity index is 1.97. The standard InChI is InChI=1S/C18H17Br3N2O4/c1-27-17-13(20)7-11(8-14(17)21)9-15(23-26)18(25)22-5-4-10-2-3-16(24)12(19)6-10/h2-3,6-8,24,26H,4-5,9H2,1H3,(H,22,25). The summed E-state index contributed by atoms with van der Waals surface area (Å²) in [4.78, 5) is 12.3. The van der Waals surface area contributed by atoms with Crippen molar-refractivity contribution in [3.63, 3.8) is 0 Å². The first kappa shape index (κ1) is 21.7. The minimum absolute atomic E-state index is 0.00542. The molecule has 0 fully saturated rings. The summed E-state index contributed by atoms with van der Waals surface area (Å²) in [5.74, 6) is 0.360. The molecule has 0 saturated heterocycles. The molecule has 0 aliphatic carbocycles. The van der Waals surface area contributed by atoms with Gasteiger partial charge in [-0.3, -0.25) is 4.79 Å². The van der Waals surface area contributed by atoms with Crippen molar-refractivity contribution in [1.29, 1.82) is 0 Å². The molecule has 144 valence electrons. The lowest BCUT2D eigenvalue weighted by Gasteiger charge is -2.10.